The summed E-state index contributed by atoms with van der Waals surface area (Å²) in [6.45, 7) is 3.63. The molecule has 1 aromatic carbocycles. The van der Waals surface area contributed by atoms with E-state index >= 15 is 0 Å². The maximum Gasteiger partial charge on any atom is 0.229 e. The first kappa shape index (κ1) is 19.3. The summed E-state index contributed by atoms with van der Waals surface area (Å²) in [6, 6.07) is 6.34. The Hall–Kier alpha value is -3.07. The molecule has 0 radical (unpaired) electrons. The molecule has 1 amide bonds. The number of hydrogen-bond acceptors (Lipinski definition) is 5. The SMILES string of the molecule is CC(NC(=O)C1(Cc2ccccc2F)CN(Cc2cnc[nH]2)C1)c1nncn1C. The van der Waals surface area contributed by atoms with Gasteiger partial charge in [-0.2, -0.15) is 0 Å². The first-order valence-electron chi connectivity index (χ1n) is 9.55. The van der Waals surface area contributed by atoms with Crippen LogP contribution in [0, 0.1) is 11.2 Å². The molecule has 4 rings (SSSR count). The molecule has 9 heteroatoms. The molecule has 0 aliphatic carbocycles. The minimum atomic E-state index is -0.699. The van der Waals surface area contributed by atoms with Crippen molar-refractivity contribution in [2.24, 2.45) is 12.5 Å². The highest BCUT2D eigenvalue weighted by Crippen LogP contribution is 2.36. The number of nitrogens with one attached hydrogen (secondary N) is 2. The van der Waals surface area contributed by atoms with Crippen LogP contribution in [0.15, 0.2) is 43.1 Å². The number of nitrogens with zero attached hydrogens (tertiary/aromatic N) is 5. The van der Waals surface area contributed by atoms with Gasteiger partial charge in [0, 0.05) is 38.6 Å². The molecule has 2 aromatic heterocycles. The van der Waals surface area contributed by atoms with Crippen LogP contribution in [0.25, 0.3) is 0 Å². The normalized spacial score (nSPS) is 16.9. The molecule has 0 saturated carbocycles. The van der Waals surface area contributed by atoms with Gasteiger partial charge in [-0.15, -0.1) is 10.2 Å². The molecule has 1 aliphatic heterocycles. The van der Waals surface area contributed by atoms with Gasteiger partial charge in [-0.25, -0.2) is 9.37 Å². The van der Waals surface area contributed by atoms with E-state index in [1.165, 1.54) is 6.07 Å². The van der Waals surface area contributed by atoms with E-state index in [1.807, 2.05) is 14.0 Å². The lowest BCUT2D eigenvalue weighted by molar-refractivity contribution is -0.143. The van der Waals surface area contributed by atoms with Crippen LogP contribution in [0.2, 0.25) is 0 Å². The van der Waals surface area contributed by atoms with Crippen molar-refractivity contribution in [3.05, 3.63) is 66.0 Å². The summed E-state index contributed by atoms with van der Waals surface area (Å²) in [5.74, 6) is 0.290. The number of imidazole rings is 1. The number of aryl methyl sites for hydroxylation is 1. The number of aromatic amines is 1. The van der Waals surface area contributed by atoms with Gasteiger partial charge in [0.2, 0.25) is 5.91 Å². The zero-order chi connectivity index (χ0) is 20.4. The Morgan fingerprint density at radius 1 is 1.38 bits per heavy atom. The second-order valence-electron chi connectivity index (χ2n) is 7.77. The van der Waals surface area contributed by atoms with Crippen molar-refractivity contribution in [1.82, 2.24) is 34.9 Å². The second-order valence-corrected chi connectivity index (χ2v) is 7.77. The molecule has 1 unspecified atom stereocenters. The van der Waals surface area contributed by atoms with Gasteiger partial charge in [-0.05, 0) is 25.0 Å². The molecule has 3 heterocycles. The lowest BCUT2D eigenvalue weighted by Crippen LogP contribution is -2.64. The zero-order valence-corrected chi connectivity index (χ0v) is 16.5. The fourth-order valence-corrected chi connectivity index (χ4v) is 3.97. The number of carbonyl (C=O) groups is 1. The highest BCUT2D eigenvalue weighted by Gasteiger charge is 2.49. The van der Waals surface area contributed by atoms with Crippen LogP contribution < -0.4 is 5.32 Å². The summed E-state index contributed by atoms with van der Waals surface area (Å²) in [6.07, 6.45) is 5.35. The number of likely N-dealkylation sites (tertiary alicyclic amines) is 1. The quantitative estimate of drug-likeness (QED) is 0.632. The number of aromatic nitrogens is 5. The molecule has 152 valence electrons. The van der Waals surface area contributed by atoms with E-state index in [9.17, 15) is 9.18 Å². The number of halogens is 1. The highest BCUT2D eigenvalue weighted by molar-refractivity contribution is 5.85. The summed E-state index contributed by atoms with van der Waals surface area (Å²) in [5, 5.41) is 11.0. The molecule has 0 spiro atoms. The van der Waals surface area contributed by atoms with Gasteiger partial charge in [0.15, 0.2) is 5.82 Å². The Kier molecular flexibility index (Phi) is 5.14. The molecule has 8 nitrogen and oxygen atoms in total. The van der Waals surface area contributed by atoms with Crippen LogP contribution in [-0.2, 0) is 24.8 Å². The van der Waals surface area contributed by atoms with E-state index in [-0.39, 0.29) is 17.8 Å². The molecule has 1 saturated heterocycles. The minimum Gasteiger partial charge on any atom is -0.347 e. The molecule has 2 N–H and O–H groups in total. The largest absolute Gasteiger partial charge is 0.347 e. The first-order chi connectivity index (χ1) is 14.0. The van der Waals surface area contributed by atoms with E-state index in [2.05, 4.69) is 30.4 Å². The lowest BCUT2D eigenvalue weighted by Gasteiger charge is -2.49. The van der Waals surface area contributed by atoms with Crippen LogP contribution in [0.1, 0.15) is 30.0 Å². The van der Waals surface area contributed by atoms with Gasteiger partial charge in [0.1, 0.15) is 12.1 Å². The Morgan fingerprint density at radius 2 is 2.17 bits per heavy atom. The van der Waals surface area contributed by atoms with E-state index in [4.69, 9.17) is 0 Å². The summed E-state index contributed by atoms with van der Waals surface area (Å²) < 4.78 is 16.1. The molecule has 29 heavy (non-hydrogen) atoms. The van der Waals surface area contributed by atoms with E-state index in [1.54, 1.807) is 41.6 Å². The van der Waals surface area contributed by atoms with E-state index in [0.29, 0.717) is 37.4 Å². The lowest BCUT2D eigenvalue weighted by atomic mass is 9.73. The topological polar surface area (TPSA) is 91.7 Å². The number of rotatable bonds is 7. The Bertz CT molecular complexity index is 978. The Labute approximate surface area is 168 Å². The van der Waals surface area contributed by atoms with Gasteiger partial charge in [-0.3, -0.25) is 9.69 Å². The molecular formula is C20H24FN7O. The number of carbonyl (C=O) groups excluding carboxylic acids is 1. The Morgan fingerprint density at radius 3 is 2.83 bits per heavy atom. The van der Waals surface area contributed by atoms with Crippen LogP contribution in [0.4, 0.5) is 4.39 Å². The minimum absolute atomic E-state index is 0.0999. The predicted molar refractivity (Wildman–Crippen MR) is 104 cm³/mol. The number of amides is 1. The Balaban J connectivity index is 1.51. The molecule has 1 atom stereocenters. The second kappa shape index (κ2) is 7.75. The standard InChI is InChI=1S/C20H24FN7O/c1-14(18-26-24-13-27(18)2)25-19(29)20(7-15-5-3-4-6-17(15)21)10-28(11-20)9-16-8-22-12-23-16/h3-6,8,12-14H,7,9-11H2,1-2H3,(H,22,23)(H,25,29). The maximum absolute atomic E-state index is 14.3. The third kappa shape index (κ3) is 3.91. The number of hydrogen-bond donors (Lipinski definition) is 2. The third-order valence-corrected chi connectivity index (χ3v) is 5.45. The van der Waals surface area contributed by atoms with Crippen molar-refractivity contribution in [3.8, 4) is 0 Å². The average molecular weight is 397 g/mol. The summed E-state index contributed by atoms with van der Waals surface area (Å²) in [7, 11) is 1.84. The van der Waals surface area contributed by atoms with Crippen molar-refractivity contribution in [1.29, 1.82) is 0 Å². The molecule has 0 bridgehead atoms. The average Bonchev–Trinajstić information content (AvgIpc) is 3.32. The molecular weight excluding hydrogens is 373 g/mol. The fourth-order valence-electron chi connectivity index (χ4n) is 3.97. The van der Waals surface area contributed by atoms with Gasteiger partial charge < -0.3 is 14.9 Å². The maximum atomic E-state index is 14.3. The van der Waals surface area contributed by atoms with Crippen LogP contribution in [0.3, 0.4) is 0 Å². The van der Waals surface area contributed by atoms with Gasteiger partial charge in [-0.1, -0.05) is 18.2 Å². The monoisotopic (exact) mass is 397 g/mol. The van der Waals surface area contributed by atoms with Crippen molar-refractivity contribution < 1.29 is 9.18 Å². The summed E-state index contributed by atoms with van der Waals surface area (Å²) in [4.78, 5) is 22.6. The van der Waals surface area contributed by atoms with Crippen molar-refractivity contribution in [2.45, 2.75) is 25.9 Å². The van der Waals surface area contributed by atoms with Crippen LogP contribution in [-0.4, -0.2) is 48.6 Å². The van der Waals surface area contributed by atoms with E-state index in [0.717, 1.165) is 5.69 Å². The van der Waals surface area contributed by atoms with Gasteiger partial charge in [0.25, 0.3) is 0 Å². The summed E-state index contributed by atoms with van der Waals surface area (Å²) >= 11 is 0. The van der Waals surface area contributed by atoms with E-state index < -0.39 is 5.41 Å². The van der Waals surface area contributed by atoms with Gasteiger partial charge in [0.05, 0.1) is 17.8 Å². The zero-order valence-electron chi connectivity index (χ0n) is 16.5. The van der Waals surface area contributed by atoms with Crippen LogP contribution in [0.5, 0.6) is 0 Å². The van der Waals surface area contributed by atoms with Crippen molar-refractivity contribution in [3.63, 3.8) is 0 Å². The predicted octanol–water partition coefficient (Wildman–Crippen LogP) is 1.60. The van der Waals surface area contributed by atoms with Crippen LogP contribution >= 0.6 is 0 Å². The van der Waals surface area contributed by atoms with Crippen molar-refractivity contribution in [2.75, 3.05) is 13.1 Å². The highest BCUT2D eigenvalue weighted by atomic mass is 19.1. The fraction of sp³-hybridized carbons (Fsp3) is 0.400. The van der Waals surface area contributed by atoms with Gasteiger partial charge >= 0.3 is 0 Å². The number of H-pyrrole nitrogens is 1. The van der Waals surface area contributed by atoms with Crippen molar-refractivity contribution >= 4 is 5.91 Å². The first-order valence-corrected chi connectivity index (χ1v) is 9.55. The number of benzene rings is 1. The third-order valence-electron chi connectivity index (χ3n) is 5.45. The molecule has 1 aliphatic rings. The molecule has 1 fully saturated rings. The molecule has 3 aromatic rings. The summed E-state index contributed by atoms with van der Waals surface area (Å²) in [5.41, 5.74) is 0.835. The smallest absolute Gasteiger partial charge is 0.229 e.